The van der Waals surface area contributed by atoms with Crippen molar-refractivity contribution in [3.8, 4) is 0 Å². The third-order valence-electron chi connectivity index (χ3n) is 5.80. The molecule has 0 radical (unpaired) electrons. The van der Waals surface area contributed by atoms with Crippen molar-refractivity contribution in [2.75, 3.05) is 39.4 Å². The van der Waals surface area contributed by atoms with Crippen LogP contribution in [0.25, 0.3) is 0 Å². The summed E-state index contributed by atoms with van der Waals surface area (Å²) in [5, 5.41) is 5.72. The van der Waals surface area contributed by atoms with E-state index < -0.39 is 11.6 Å². The van der Waals surface area contributed by atoms with Crippen molar-refractivity contribution in [3.05, 3.63) is 0 Å². The third kappa shape index (κ3) is 3.86. The molecule has 1 spiro atoms. The number of ether oxygens (including phenoxy) is 1. The Morgan fingerprint density at radius 2 is 1.88 bits per heavy atom. The van der Waals surface area contributed by atoms with E-state index in [1.54, 1.807) is 0 Å². The largest absolute Gasteiger partial charge is 0.379 e. The lowest BCUT2D eigenvalue weighted by molar-refractivity contribution is -0.135. The molecule has 4 amide bonds. The molecular formula is C18H30N4O4. The number of carbonyl (C=O) groups is 3. The zero-order valence-electron chi connectivity index (χ0n) is 15.8. The summed E-state index contributed by atoms with van der Waals surface area (Å²) in [5.41, 5.74) is -0.758. The van der Waals surface area contributed by atoms with E-state index in [0.717, 1.165) is 30.8 Å². The second-order valence-corrected chi connectivity index (χ2v) is 7.87. The van der Waals surface area contributed by atoms with Crippen molar-refractivity contribution in [1.29, 1.82) is 0 Å². The summed E-state index contributed by atoms with van der Waals surface area (Å²) in [6.07, 6.45) is 3.20. The summed E-state index contributed by atoms with van der Waals surface area (Å²) in [6, 6.07) is -0.229. The Morgan fingerprint density at radius 1 is 1.23 bits per heavy atom. The molecule has 8 heteroatoms. The molecule has 3 rings (SSSR count). The molecule has 1 unspecified atom stereocenters. The first-order chi connectivity index (χ1) is 12.4. The number of nitrogens with zero attached hydrogens (tertiary/aromatic N) is 2. The highest BCUT2D eigenvalue weighted by atomic mass is 16.5. The van der Waals surface area contributed by atoms with Gasteiger partial charge in [0.1, 0.15) is 12.1 Å². The highest BCUT2D eigenvalue weighted by Crippen LogP contribution is 2.34. The average molecular weight is 366 g/mol. The molecule has 2 aliphatic heterocycles. The first kappa shape index (κ1) is 19.1. The van der Waals surface area contributed by atoms with Crippen LogP contribution >= 0.6 is 0 Å². The number of nitrogens with one attached hydrogen (secondary N) is 2. The van der Waals surface area contributed by atoms with Crippen LogP contribution in [0.3, 0.4) is 0 Å². The molecule has 0 aromatic heterocycles. The van der Waals surface area contributed by atoms with E-state index in [-0.39, 0.29) is 24.4 Å². The van der Waals surface area contributed by atoms with Crippen LogP contribution in [0.5, 0.6) is 0 Å². The smallest absolute Gasteiger partial charge is 0.325 e. The van der Waals surface area contributed by atoms with Gasteiger partial charge in [0.25, 0.3) is 5.91 Å². The molecule has 8 nitrogen and oxygen atoms in total. The van der Waals surface area contributed by atoms with Crippen LogP contribution in [0, 0.1) is 5.92 Å². The minimum atomic E-state index is -0.758. The Bertz CT molecular complexity index is 553. The van der Waals surface area contributed by atoms with E-state index in [1.165, 1.54) is 0 Å². The monoisotopic (exact) mass is 366 g/mol. The fraction of sp³-hybridized carbons (Fsp3) is 0.833. The van der Waals surface area contributed by atoms with Crippen LogP contribution in [0.1, 0.15) is 39.5 Å². The first-order valence-electron chi connectivity index (χ1n) is 9.65. The topological polar surface area (TPSA) is 91.0 Å². The molecule has 0 bridgehead atoms. The Hall–Kier alpha value is -1.67. The SMILES string of the molecule is CC(C)C(CNC(=O)CN1C(=O)NC2(CCCC2)C1=O)N1CCOCC1. The van der Waals surface area contributed by atoms with Gasteiger partial charge < -0.3 is 15.4 Å². The number of carbonyl (C=O) groups excluding carboxylic acids is 3. The number of imide groups is 1. The molecule has 0 aromatic carbocycles. The van der Waals surface area contributed by atoms with Gasteiger partial charge in [-0.3, -0.25) is 19.4 Å². The predicted molar refractivity (Wildman–Crippen MR) is 95.5 cm³/mol. The van der Waals surface area contributed by atoms with Gasteiger partial charge in [-0.05, 0) is 18.8 Å². The van der Waals surface area contributed by atoms with Crippen molar-refractivity contribution in [1.82, 2.24) is 20.4 Å². The van der Waals surface area contributed by atoms with Crippen molar-refractivity contribution in [2.24, 2.45) is 5.92 Å². The van der Waals surface area contributed by atoms with Gasteiger partial charge in [-0.1, -0.05) is 26.7 Å². The van der Waals surface area contributed by atoms with Crippen LogP contribution < -0.4 is 10.6 Å². The fourth-order valence-corrected chi connectivity index (χ4v) is 4.25. The number of morpholine rings is 1. The minimum Gasteiger partial charge on any atom is -0.379 e. The average Bonchev–Trinajstić information content (AvgIpc) is 3.17. The molecule has 1 saturated carbocycles. The van der Waals surface area contributed by atoms with Crippen LogP contribution in [0.15, 0.2) is 0 Å². The maximum absolute atomic E-state index is 12.6. The normalized spacial score (nSPS) is 24.3. The second-order valence-electron chi connectivity index (χ2n) is 7.87. The lowest BCUT2D eigenvalue weighted by Crippen LogP contribution is -2.52. The summed E-state index contributed by atoms with van der Waals surface area (Å²) in [6.45, 7) is 7.69. The number of amides is 4. The van der Waals surface area contributed by atoms with E-state index in [9.17, 15) is 14.4 Å². The molecule has 3 fully saturated rings. The highest BCUT2D eigenvalue weighted by molar-refractivity contribution is 6.09. The van der Waals surface area contributed by atoms with Crippen molar-refractivity contribution in [2.45, 2.75) is 51.1 Å². The van der Waals surface area contributed by atoms with E-state index in [1.807, 2.05) is 0 Å². The second kappa shape index (κ2) is 7.92. The van der Waals surface area contributed by atoms with Gasteiger partial charge in [0.2, 0.25) is 5.91 Å². The highest BCUT2D eigenvalue weighted by Gasteiger charge is 2.52. The number of urea groups is 1. The molecule has 1 aliphatic carbocycles. The zero-order valence-corrected chi connectivity index (χ0v) is 15.8. The van der Waals surface area contributed by atoms with Crippen molar-refractivity contribution in [3.63, 3.8) is 0 Å². The minimum absolute atomic E-state index is 0.208. The Labute approximate surface area is 154 Å². The maximum atomic E-state index is 12.6. The summed E-state index contributed by atoms with van der Waals surface area (Å²) >= 11 is 0. The van der Waals surface area contributed by atoms with E-state index in [4.69, 9.17) is 4.74 Å². The predicted octanol–water partition coefficient (Wildman–Crippen LogP) is 0.324. The first-order valence-corrected chi connectivity index (χ1v) is 9.65. The molecule has 2 saturated heterocycles. The molecule has 26 heavy (non-hydrogen) atoms. The standard InChI is InChI=1S/C18H30N4O4/c1-13(2)14(21-7-9-26-10-8-21)11-19-15(23)12-22-16(24)18(20-17(22)25)5-3-4-6-18/h13-14H,3-12H2,1-2H3,(H,19,23)(H,20,25). The van der Waals surface area contributed by atoms with Crippen LogP contribution in [-0.2, 0) is 14.3 Å². The van der Waals surface area contributed by atoms with Crippen LogP contribution in [0.4, 0.5) is 4.79 Å². The van der Waals surface area contributed by atoms with E-state index in [0.29, 0.717) is 38.5 Å². The fourth-order valence-electron chi connectivity index (χ4n) is 4.25. The Balaban J connectivity index is 1.53. The summed E-state index contributed by atoms with van der Waals surface area (Å²) in [7, 11) is 0. The lowest BCUT2D eigenvalue weighted by Gasteiger charge is -2.37. The molecule has 146 valence electrons. The van der Waals surface area contributed by atoms with E-state index >= 15 is 0 Å². The van der Waals surface area contributed by atoms with Gasteiger partial charge >= 0.3 is 6.03 Å². The number of rotatable bonds is 6. The van der Waals surface area contributed by atoms with E-state index in [2.05, 4.69) is 29.4 Å². The Morgan fingerprint density at radius 3 is 2.50 bits per heavy atom. The Kier molecular flexibility index (Phi) is 5.82. The van der Waals surface area contributed by atoms with Gasteiger partial charge in [0.05, 0.1) is 13.2 Å². The number of hydrogen-bond donors (Lipinski definition) is 2. The van der Waals surface area contributed by atoms with Crippen molar-refractivity contribution >= 4 is 17.8 Å². The molecular weight excluding hydrogens is 336 g/mol. The molecule has 2 heterocycles. The molecule has 2 N–H and O–H groups in total. The zero-order chi connectivity index (χ0) is 18.7. The van der Waals surface area contributed by atoms with Gasteiger partial charge in [-0.15, -0.1) is 0 Å². The van der Waals surface area contributed by atoms with Crippen molar-refractivity contribution < 1.29 is 19.1 Å². The lowest BCUT2D eigenvalue weighted by atomic mass is 9.98. The summed E-state index contributed by atoms with van der Waals surface area (Å²) in [5.74, 6) is -0.155. The van der Waals surface area contributed by atoms with Gasteiger partial charge in [0, 0.05) is 25.7 Å². The quantitative estimate of drug-likeness (QED) is 0.661. The third-order valence-corrected chi connectivity index (χ3v) is 5.80. The summed E-state index contributed by atoms with van der Waals surface area (Å²) < 4.78 is 5.40. The summed E-state index contributed by atoms with van der Waals surface area (Å²) in [4.78, 5) is 40.5. The van der Waals surface area contributed by atoms with Gasteiger partial charge in [0.15, 0.2) is 0 Å². The number of hydrogen-bond acceptors (Lipinski definition) is 5. The molecule has 1 atom stereocenters. The molecule has 0 aromatic rings. The van der Waals surface area contributed by atoms with Gasteiger partial charge in [-0.25, -0.2) is 4.79 Å². The maximum Gasteiger partial charge on any atom is 0.325 e. The van der Waals surface area contributed by atoms with Gasteiger partial charge in [-0.2, -0.15) is 0 Å². The van der Waals surface area contributed by atoms with Crippen LogP contribution in [-0.4, -0.2) is 78.6 Å². The van der Waals surface area contributed by atoms with Crippen LogP contribution in [0.2, 0.25) is 0 Å². The molecule has 3 aliphatic rings.